The molecule has 1 fully saturated rings. The van der Waals surface area contributed by atoms with Crippen LogP contribution in [-0.4, -0.2) is 28.0 Å². The van der Waals surface area contributed by atoms with Crippen molar-refractivity contribution >= 4 is 22.7 Å². The molecular weight excluding hydrogens is 274 g/mol. The van der Waals surface area contributed by atoms with E-state index in [9.17, 15) is 0 Å². The largest absolute Gasteiger partial charge is 0.371 e. The molecule has 3 N–H and O–H groups in total. The van der Waals surface area contributed by atoms with Gasteiger partial charge < -0.3 is 15.6 Å². The zero-order valence-corrected chi connectivity index (χ0v) is 12.4. The number of aromatic amines is 1. The minimum Gasteiger partial charge on any atom is -0.371 e. The van der Waals surface area contributed by atoms with Gasteiger partial charge in [-0.05, 0) is 31.0 Å². The van der Waals surface area contributed by atoms with E-state index in [1.54, 1.807) is 6.20 Å². The van der Waals surface area contributed by atoms with Crippen LogP contribution in [0.3, 0.4) is 0 Å². The average Bonchev–Trinajstić information content (AvgIpc) is 2.99. The minimum atomic E-state index is 0.331. The highest BCUT2D eigenvalue weighted by atomic mass is 15.1. The number of rotatable bonds is 2. The monoisotopic (exact) mass is 293 g/mol. The number of fused-ring (bicyclic) bond motifs is 1. The van der Waals surface area contributed by atoms with Gasteiger partial charge in [-0.25, -0.2) is 9.97 Å². The average molecular weight is 293 g/mol. The van der Waals surface area contributed by atoms with Crippen molar-refractivity contribution < 1.29 is 0 Å². The Morgan fingerprint density at radius 1 is 1.14 bits per heavy atom. The van der Waals surface area contributed by atoms with Gasteiger partial charge in [0, 0.05) is 30.4 Å². The minimum absolute atomic E-state index is 0.331. The zero-order chi connectivity index (χ0) is 14.9. The standard InChI is InChI=1S/C17H19N5/c18-17-19-11-16-15(21-17)10-14(20-16)12-6-8-22(9-7-12)13-4-2-1-3-5-13/h1-5,10-12,20H,6-9H2,(H2,18,19,21). The van der Waals surface area contributed by atoms with Gasteiger partial charge in [0.1, 0.15) is 0 Å². The molecular formula is C17H19N5. The molecule has 0 atom stereocenters. The number of H-pyrrole nitrogens is 1. The van der Waals surface area contributed by atoms with Gasteiger partial charge in [0.05, 0.1) is 17.2 Å². The molecule has 0 amide bonds. The quantitative estimate of drug-likeness (QED) is 0.762. The molecule has 1 aromatic carbocycles. The number of aromatic nitrogens is 3. The van der Waals surface area contributed by atoms with Gasteiger partial charge in [0.2, 0.25) is 5.95 Å². The van der Waals surface area contributed by atoms with Crippen LogP contribution in [0, 0.1) is 0 Å². The smallest absolute Gasteiger partial charge is 0.220 e. The van der Waals surface area contributed by atoms with Crippen molar-refractivity contribution in [3.05, 3.63) is 48.3 Å². The molecule has 1 aliphatic heterocycles. The first kappa shape index (κ1) is 13.1. The normalized spacial score (nSPS) is 16.3. The summed E-state index contributed by atoms with van der Waals surface area (Å²) in [5.74, 6) is 0.882. The maximum atomic E-state index is 5.65. The summed E-state index contributed by atoms with van der Waals surface area (Å²) < 4.78 is 0. The lowest BCUT2D eigenvalue weighted by atomic mass is 9.93. The Morgan fingerprint density at radius 3 is 2.68 bits per heavy atom. The van der Waals surface area contributed by atoms with E-state index in [0.717, 1.165) is 37.0 Å². The third kappa shape index (κ3) is 2.39. The molecule has 5 nitrogen and oxygen atoms in total. The molecule has 0 aliphatic carbocycles. The van der Waals surface area contributed by atoms with Gasteiger partial charge in [-0.2, -0.15) is 0 Å². The molecule has 1 saturated heterocycles. The number of para-hydroxylation sites is 1. The molecule has 0 bridgehead atoms. The molecule has 1 aliphatic rings. The second kappa shape index (κ2) is 5.33. The van der Waals surface area contributed by atoms with E-state index in [-0.39, 0.29) is 0 Å². The van der Waals surface area contributed by atoms with E-state index in [1.165, 1.54) is 11.4 Å². The first-order valence-electron chi connectivity index (χ1n) is 7.71. The van der Waals surface area contributed by atoms with Crippen LogP contribution in [0.2, 0.25) is 0 Å². The van der Waals surface area contributed by atoms with Crippen LogP contribution in [0.5, 0.6) is 0 Å². The summed E-state index contributed by atoms with van der Waals surface area (Å²) in [6.07, 6.45) is 4.05. The van der Waals surface area contributed by atoms with Gasteiger partial charge in [-0.3, -0.25) is 0 Å². The number of piperidine rings is 1. The summed E-state index contributed by atoms with van der Waals surface area (Å²) in [4.78, 5) is 14.2. The Morgan fingerprint density at radius 2 is 1.91 bits per heavy atom. The van der Waals surface area contributed by atoms with Crippen LogP contribution in [0.1, 0.15) is 24.5 Å². The summed E-state index contributed by atoms with van der Waals surface area (Å²) >= 11 is 0. The fourth-order valence-corrected chi connectivity index (χ4v) is 3.26. The van der Waals surface area contributed by atoms with Crippen LogP contribution in [-0.2, 0) is 0 Å². The van der Waals surface area contributed by atoms with Crippen molar-refractivity contribution in [2.75, 3.05) is 23.7 Å². The number of nitrogens with one attached hydrogen (secondary N) is 1. The SMILES string of the molecule is Nc1ncc2[nH]c(C3CCN(c4ccccc4)CC3)cc2n1. The maximum Gasteiger partial charge on any atom is 0.220 e. The van der Waals surface area contributed by atoms with Gasteiger partial charge >= 0.3 is 0 Å². The number of benzene rings is 1. The molecule has 0 spiro atoms. The summed E-state index contributed by atoms with van der Waals surface area (Å²) in [6, 6.07) is 12.7. The van der Waals surface area contributed by atoms with Crippen LogP contribution in [0.15, 0.2) is 42.6 Å². The van der Waals surface area contributed by atoms with Crippen LogP contribution < -0.4 is 10.6 Å². The fraction of sp³-hybridized carbons (Fsp3) is 0.294. The molecule has 3 aromatic rings. The highest BCUT2D eigenvalue weighted by Crippen LogP contribution is 2.31. The first-order valence-corrected chi connectivity index (χ1v) is 7.71. The fourth-order valence-electron chi connectivity index (χ4n) is 3.26. The van der Waals surface area contributed by atoms with Gasteiger partial charge in [-0.1, -0.05) is 18.2 Å². The van der Waals surface area contributed by atoms with Crippen molar-refractivity contribution in [1.29, 1.82) is 0 Å². The van der Waals surface area contributed by atoms with E-state index in [2.05, 4.69) is 56.3 Å². The van der Waals surface area contributed by atoms with E-state index in [1.807, 2.05) is 0 Å². The summed E-state index contributed by atoms with van der Waals surface area (Å²) in [7, 11) is 0. The number of hydrogen-bond acceptors (Lipinski definition) is 4. The molecule has 22 heavy (non-hydrogen) atoms. The molecule has 0 radical (unpaired) electrons. The third-order valence-corrected chi connectivity index (χ3v) is 4.46. The number of nitrogens with two attached hydrogens (primary N) is 1. The summed E-state index contributed by atoms with van der Waals surface area (Å²) in [6.45, 7) is 2.16. The molecule has 4 rings (SSSR count). The van der Waals surface area contributed by atoms with Crippen LogP contribution in [0.4, 0.5) is 11.6 Å². The van der Waals surface area contributed by atoms with Gasteiger partial charge in [0.15, 0.2) is 0 Å². The lowest BCUT2D eigenvalue weighted by Gasteiger charge is -2.33. The van der Waals surface area contributed by atoms with Crippen molar-refractivity contribution in [2.45, 2.75) is 18.8 Å². The van der Waals surface area contributed by atoms with E-state index in [0.29, 0.717) is 11.9 Å². The molecule has 3 heterocycles. The highest BCUT2D eigenvalue weighted by Gasteiger charge is 2.22. The Balaban J connectivity index is 1.50. The number of nitrogen functional groups attached to an aromatic ring is 1. The Bertz CT molecular complexity index is 772. The van der Waals surface area contributed by atoms with Crippen molar-refractivity contribution in [3.63, 3.8) is 0 Å². The summed E-state index contributed by atoms with van der Waals surface area (Å²) in [5.41, 5.74) is 10.1. The van der Waals surface area contributed by atoms with Crippen LogP contribution >= 0.6 is 0 Å². The predicted molar refractivity (Wildman–Crippen MR) is 88.9 cm³/mol. The van der Waals surface area contributed by atoms with Crippen molar-refractivity contribution in [3.8, 4) is 0 Å². The van der Waals surface area contributed by atoms with E-state index < -0.39 is 0 Å². The number of nitrogens with zero attached hydrogens (tertiary/aromatic N) is 3. The number of anilines is 2. The lowest BCUT2D eigenvalue weighted by molar-refractivity contribution is 0.498. The topological polar surface area (TPSA) is 70.8 Å². The Hall–Kier alpha value is -2.56. The molecule has 0 saturated carbocycles. The van der Waals surface area contributed by atoms with Gasteiger partial charge in [-0.15, -0.1) is 0 Å². The zero-order valence-electron chi connectivity index (χ0n) is 12.4. The Labute approximate surface area is 129 Å². The van der Waals surface area contributed by atoms with Crippen molar-refractivity contribution in [1.82, 2.24) is 15.0 Å². The molecule has 0 unspecified atom stereocenters. The molecule has 2 aromatic heterocycles. The second-order valence-electron chi connectivity index (χ2n) is 5.85. The third-order valence-electron chi connectivity index (χ3n) is 4.46. The molecule has 112 valence electrons. The van der Waals surface area contributed by atoms with Crippen LogP contribution in [0.25, 0.3) is 11.0 Å². The summed E-state index contributed by atoms with van der Waals surface area (Å²) in [5, 5.41) is 0. The van der Waals surface area contributed by atoms with Crippen molar-refractivity contribution in [2.24, 2.45) is 0 Å². The Kier molecular flexibility index (Phi) is 3.18. The second-order valence-corrected chi connectivity index (χ2v) is 5.85. The number of hydrogen-bond donors (Lipinski definition) is 2. The lowest BCUT2D eigenvalue weighted by Crippen LogP contribution is -2.32. The highest BCUT2D eigenvalue weighted by molar-refractivity contribution is 5.76. The van der Waals surface area contributed by atoms with E-state index in [4.69, 9.17) is 5.73 Å². The van der Waals surface area contributed by atoms with Gasteiger partial charge in [0.25, 0.3) is 0 Å². The molecule has 5 heteroatoms. The van der Waals surface area contributed by atoms with E-state index >= 15 is 0 Å². The maximum absolute atomic E-state index is 5.65. The first-order chi connectivity index (χ1) is 10.8. The predicted octanol–water partition coefficient (Wildman–Crippen LogP) is 2.92.